The molecule has 12 heteroatoms. The molecule has 0 bridgehead atoms. The summed E-state index contributed by atoms with van der Waals surface area (Å²) in [5.74, 6) is -0.524. The molecule has 1 unspecified atom stereocenters. The number of nitrogens with zero attached hydrogens (tertiary/aromatic N) is 5. The largest absolute Gasteiger partial charge is 0.445 e. The summed E-state index contributed by atoms with van der Waals surface area (Å²) >= 11 is 0. The number of nitrogens with two attached hydrogens (primary N) is 1. The summed E-state index contributed by atoms with van der Waals surface area (Å²) < 4.78 is 25.7. The fourth-order valence-corrected chi connectivity index (χ4v) is 4.62. The van der Waals surface area contributed by atoms with E-state index in [-0.39, 0.29) is 25.7 Å². The van der Waals surface area contributed by atoms with Crippen LogP contribution in [0.1, 0.15) is 18.4 Å². The van der Waals surface area contributed by atoms with E-state index in [1.807, 2.05) is 35.2 Å². The van der Waals surface area contributed by atoms with E-state index >= 15 is 4.39 Å². The van der Waals surface area contributed by atoms with Crippen molar-refractivity contribution in [3.05, 3.63) is 72.3 Å². The van der Waals surface area contributed by atoms with Crippen LogP contribution < -0.4 is 15.5 Å². The van der Waals surface area contributed by atoms with Crippen LogP contribution in [0.4, 0.5) is 25.6 Å². The number of halogens is 1. The first-order chi connectivity index (χ1) is 19.4. The van der Waals surface area contributed by atoms with Crippen LogP contribution in [0.25, 0.3) is 11.1 Å². The lowest BCUT2D eigenvalue weighted by Gasteiger charge is -2.34. The molecule has 2 aliphatic rings. The minimum atomic E-state index is -0.598. The normalized spacial score (nSPS) is 17.1. The van der Waals surface area contributed by atoms with Gasteiger partial charge in [-0.15, -0.1) is 0 Å². The summed E-state index contributed by atoms with van der Waals surface area (Å²) in [4.78, 5) is 49.4. The van der Waals surface area contributed by atoms with E-state index in [9.17, 15) is 14.4 Å². The zero-order chi connectivity index (χ0) is 28.1. The minimum Gasteiger partial charge on any atom is -0.445 e. The Labute approximate surface area is 230 Å². The number of piperazine rings is 1. The molecule has 3 heterocycles. The first-order valence-electron chi connectivity index (χ1n) is 13.0. The van der Waals surface area contributed by atoms with Gasteiger partial charge in [0.05, 0.1) is 12.2 Å². The van der Waals surface area contributed by atoms with E-state index < -0.39 is 23.9 Å². The molecule has 40 heavy (non-hydrogen) atoms. The van der Waals surface area contributed by atoms with Crippen molar-refractivity contribution >= 4 is 29.7 Å². The van der Waals surface area contributed by atoms with Gasteiger partial charge in [-0.2, -0.15) is 0 Å². The van der Waals surface area contributed by atoms with Crippen LogP contribution >= 0.6 is 0 Å². The molecular weight excluding hydrogens is 519 g/mol. The highest BCUT2D eigenvalue weighted by atomic mass is 19.1. The molecule has 2 fully saturated rings. The molecule has 2 aromatic carbocycles. The van der Waals surface area contributed by atoms with Crippen LogP contribution in [-0.4, -0.2) is 71.8 Å². The van der Waals surface area contributed by atoms with Crippen molar-refractivity contribution in [3.8, 4) is 11.1 Å². The Kier molecular flexibility index (Phi) is 8.04. The van der Waals surface area contributed by atoms with Crippen LogP contribution in [0.15, 0.2) is 60.9 Å². The van der Waals surface area contributed by atoms with Crippen molar-refractivity contribution < 1.29 is 28.2 Å². The second-order valence-corrected chi connectivity index (χ2v) is 9.57. The number of carbonyl (C=O) groups is 3. The molecule has 3 amide bonds. The van der Waals surface area contributed by atoms with Gasteiger partial charge in [-0.25, -0.2) is 23.9 Å². The Hall–Kier alpha value is -4.74. The Bertz CT molecular complexity index is 1370. The van der Waals surface area contributed by atoms with Gasteiger partial charge in [-0.1, -0.05) is 30.3 Å². The van der Waals surface area contributed by atoms with E-state index in [1.165, 1.54) is 11.0 Å². The third-order valence-corrected chi connectivity index (χ3v) is 6.83. The lowest BCUT2D eigenvalue weighted by Crippen LogP contribution is -2.49. The van der Waals surface area contributed by atoms with Gasteiger partial charge in [0.25, 0.3) is 0 Å². The standard InChI is InChI=1S/C28H29FN6O5/c29-24-14-21(35-17-22(40-28(35)38)7-9-25(30)36)6-8-23(24)20-15-31-26(32-16-20)33-10-12-34(13-11-33)27(37)39-18-19-4-2-1-3-5-19/h1-6,8,14-16,22H,7,9-13,17-18H2,(H2,30,36). The van der Waals surface area contributed by atoms with Gasteiger partial charge < -0.3 is 25.0 Å². The molecule has 2 aliphatic heterocycles. The maximum Gasteiger partial charge on any atom is 0.414 e. The minimum absolute atomic E-state index is 0.103. The zero-order valence-electron chi connectivity index (χ0n) is 21.7. The number of hydrogen-bond donors (Lipinski definition) is 1. The van der Waals surface area contributed by atoms with Crippen molar-refractivity contribution in [2.24, 2.45) is 5.73 Å². The number of anilines is 2. The van der Waals surface area contributed by atoms with Crippen LogP contribution in [0, 0.1) is 5.82 Å². The highest BCUT2D eigenvalue weighted by molar-refractivity contribution is 5.90. The van der Waals surface area contributed by atoms with E-state index in [4.69, 9.17) is 15.2 Å². The predicted octanol–water partition coefficient (Wildman–Crippen LogP) is 3.33. The summed E-state index contributed by atoms with van der Waals surface area (Å²) in [5, 5.41) is 0. The molecule has 2 N–H and O–H groups in total. The second kappa shape index (κ2) is 12.0. The Morgan fingerprint density at radius 3 is 2.45 bits per heavy atom. The third-order valence-electron chi connectivity index (χ3n) is 6.83. The molecule has 0 radical (unpaired) electrons. The van der Waals surface area contributed by atoms with Crippen molar-refractivity contribution in [2.75, 3.05) is 42.5 Å². The Morgan fingerprint density at radius 1 is 1.05 bits per heavy atom. The summed E-state index contributed by atoms with van der Waals surface area (Å²) in [6.45, 7) is 2.45. The van der Waals surface area contributed by atoms with E-state index in [1.54, 1.807) is 29.4 Å². The molecule has 0 aliphatic carbocycles. The number of ether oxygens (including phenoxy) is 2. The lowest BCUT2D eigenvalue weighted by molar-refractivity contribution is -0.118. The van der Waals surface area contributed by atoms with Gasteiger partial charge in [-0.05, 0) is 30.2 Å². The van der Waals surface area contributed by atoms with Gasteiger partial charge in [0.15, 0.2) is 0 Å². The molecule has 11 nitrogen and oxygen atoms in total. The number of benzene rings is 2. The predicted molar refractivity (Wildman–Crippen MR) is 144 cm³/mol. The Morgan fingerprint density at radius 2 is 1.77 bits per heavy atom. The maximum absolute atomic E-state index is 15.1. The topological polar surface area (TPSA) is 131 Å². The molecule has 0 saturated carbocycles. The fourth-order valence-electron chi connectivity index (χ4n) is 4.62. The van der Waals surface area contributed by atoms with Gasteiger partial charge in [0.2, 0.25) is 11.9 Å². The quantitative estimate of drug-likeness (QED) is 0.454. The highest BCUT2D eigenvalue weighted by Crippen LogP contribution is 2.29. The second-order valence-electron chi connectivity index (χ2n) is 9.57. The molecule has 1 atom stereocenters. The van der Waals surface area contributed by atoms with E-state index in [0.29, 0.717) is 55.4 Å². The summed E-state index contributed by atoms with van der Waals surface area (Å²) in [7, 11) is 0. The zero-order valence-corrected chi connectivity index (χ0v) is 21.7. The number of primary amides is 1. The molecule has 3 aromatic rings. The van der Waals surface area contributed by atoms with Crippen molar-refractivity contribution in [1.29, 1.82) is 0 Å². The maximum atomic E-state index is 15.1. The molecule has 0 spiro atoms. The fraction of sp³-hybridized carbons (Fsp3) is 0.321. The number of aromatic nitrogens is 2. The number of hydrogen-bond acceptors (Lipinski definition) is 8. The first-order valence-corrected chi connectivity index (χ1v) is 13.0. The van der Waals surface area contributed by atoms with Crippen LogP contribution in [-0.2, 0) is 20.9 Å². The monoisotopic (exact) mass is 548 g/mol. The molecular formula is C28H29FN6O5. The first kappa shape index (κ1) is 26.9. The van der Waals surface area contributed by atoms with E-state index in [2.05, 4.69) is 9.97 Å². The SMILES string of the molecule is NC(=O)CCC1CN(c2ccc(-c3cnc(N4CCN(C(=O)OCc5ccccc5)CC4)nc3)c(F)c2)C(=O)O1. The van der Waals surface area contributed by atoms with Gasteiger partial charge >= 0.3 is 12.2 Å². The molecule has 208 valence electrons. The average Bonchev–Trinajstić information content (AvgIpc) is 3.36. The van der Waals surface area contributed by atoms with Crippen LogP contribution in [0.3, 0.4) is 0 Å². The van der Waals surface area contributed by atoms with Gasteiger partial charge in [0, 0.05) is 56.1 Å². The van der Waals surface area contributed by atoms with Crippen molar-refractivity contribution in [3.63, 3.8) is 0 Å². The van der Waals surface area contributed by atoms with Crippen LogP contribution in [0.2, 0.25) is 0 Å². The van der Waals surface area contributed by atoms with Gasteiger partial charge in [-0.3, -0.25) is 9.69 Å². The van der Waals surface area contributed by atoms with Crippen molar-refractivity contribution in [2.45, 2.75) is 25.6 Å². The van der Waals surface area contributed by atoms with Crippen molar-refractivity contribution in [1.82, 2.24) is 14.9 Å². The number of carbonyl (C=O) groups excluding carboxylic acids is 3. The van der Waals surface area contributed by atoms with Gasteiger partial charge in [0.1, 0.15) is 18.5 Å². The highest BCUT2D eigenvalue weighted by Gasteiger charge is 2.33. The number of rotatable bonds is 8. The Balaban J connectivity index is 1.15. The summed E-state index contributed by atoms with van der Waals surface area (Å²) in [6, 6.07) is 14.0. The molecule has 5 rings (SSSR count). The molecule has 1 aromatic heterocycles. The number of cyclic esters (lactones) is 1. The lowest BCUT2D eigenvalue weighted by atomic mass is 10.1. The molecule has 2 saturated heterocycles. The van der Waals surface area contributed by atoms with E-state index in [0.717, 1.165) is 5.56 Å². The summed E-state index contributed by atoms with van der Waals surface area (Å²) in [6.07, 6.45) is 2.07. The number of amides is 3. The smallest absolute Gasteiger partial charge is 0.414 e. The average molecular weight is 549 g/mol. The third kappa shape index (κ3) is 6.28. The van der Waals surface area contributed by atoms with Crippen LogP contribution in [0.5, 0.6) is 0 Å². The summed E-state index contributed by atoms with van der Waals surface area (Å²) in [5.41, 5.74) is 7.22.